The number of rotatable bonds is 5. The lowest BCUT2D eigenvalue weighted by Gasteiger charge is -2.47. The van der Waals surface area contributed by atoms with E-state index in [1.807, 2.05) is 4.57 Å². The number of amides is 1. The Hall–Kier alpha value is -2.77. The molecule has 0 spiro atoms. The van der Waals surface area contributed by atoms with E-state index in [4.69, 9.17) is 28.9 Å². The van der Waals surface area contributed by atoms with Gasteiger partial charge in [0.15, 0.2) is 0 Å². The van der Waals surface area contributed by atoms with Crippen LogP contribution in [0.3, 0.4) is 0 Å². The summed E-state index contributed by atoms with van der Waals surface area (Å²) in [5, 5.41) is 13.4. The van der Waals surface area contributed by atoms with E-state index < -0.39 is 17.4 Å². The highest BCUT2D eigenvalue weighted by molar-refractivity contribution is 6.39. The molecule has 7 nitrogen and oxygen atoms in total. The average molecular weight is 489 g/mol. The highest BCUT2D eigenvalue weighted by atomic mass is 35.5. The first kappa shape index (κ1) is 23.4. The van der Waals surface area contributed by atoms with E-state index in [1.54, 1.807) is 24.3 Å². The van der Waals surface area contributed by atoms with Gasteiger partial charge in [0.05, 0.1) is 32.3 Å². The number of carboxylic acid groups (broad SMARTS) is 1. The van der Waals surface area contributed by atoms with E-state index in [1.165, 1.54) is 12.1 Å². The summed E-state index contributed by atoms with van der Waals surface area (Å²) >= 11 is 12.8. The summed E-state index contributed by atoms with van der Waals surface area (Å²) in [6.07, 6.45) is 2.00. The molecule has 2 unspecified atom stereocenters. The van der Waals surface area contributed by atoms with Gasteiger partial charge in [-0.2, -0.15) is 0 Å². The number of nitrogens with one attached hydrogen (secondary N) is 1. The number of hydrogen-bond donors (Lipinski definition) is 3. The molecule has 1 aliphatic rings. The standard InChI is InChI=1S/C24H26Cl2N4O3/c1-13-10-23(2,3)12-24(11-13,21(27)33)30-18-8-7-14(20(31)32)9-17(18)28-22(30)29-19-15(25)5-4-6-16(19)26/h4-9,13H,10-12H2,1-3H3,(H2,27,33)(H,28,29)(H,31,32). The minimum atomic E-state index is -1.07. The van der Waals surface area contributed by atoms with Gasteiger partial charge in [0.1, 0.15) is 5.54 Å². The van der Waals surface area contributed by atoms with E-state index in [-0.39, 0.29) is 16.9 Å². The number of halogens is 2. The van der Waals surface area contributed by atoms with Crippen molar-refractivity contribution in [3.63, 3.8) is 0 Å². The van der Waals surface area contributed by atoms with Crippen LogP contribution in [0.1, 0.15) is 50.4 Å². The van der Waals surface area contributed by atoms with E-state index >= 15 is 0 Å². The molecular formula is C24H26Cl2N4O3. The SMILES string of the molecule is CC1CC(C)(C)CC(C(N)=O)(n2c(Nc3c(Cl)cccc3Cl)nc3cc(C(=O)O)ccc32)C1. The molecule has 1 saturated carbocycles. The number of imidazole rings is 1. The quantitative estimate of drug-likeness (QED) is 0.419. The lowest BCUT2D eigenvalue weighted by Crippen LogP contribution is -2.53. The monoisotopic (exact) mass is 488 g/mol. The molecule has 174 valence electrons. The third-order valence-electron chi connectivity index (χ3n) is 6.35. The van der Waals surface area contributed by atoms with Crippen molar-refractivity contribution in [2.45, 2.75) is 45.6 Å². The first-order chi connectivity index (χ1) is 15.4. The van der Waals surface area contributed by atoms with Gasteiger partial charge in [-0.05, 0) is 60.9 Å². The number of carbonyl (C=O) groups is 2. The van der Waals surface area contributed by atoms with Crippen LogP contribution in [0.15, 0.2) is 36.4 Å². The van der Waals surface area contributed by atoms with Crippen LogP contribution in [0, 0.1) is 11.3 Å². The van der Waals surface area contributed by atoms with Crippen LogP contribution in [-0.2, 0) is 10.3 Å². The van der Waals surface area contributed by atoms with Gasteiger partial charge in [0.2, 0.25) is 11.9 Å². The van der Waals surface area contributed by atoms with Crippen molar-refractivity contribution < 1.29 is 14.7 Å². The van der Waals surface area contributed by atoms with Crippen molar-refractivity contribution in [1.29, 1.82) is 0 Å². The second kappa shape index (κ2) is 8.22. The average Bonchev–Trinajstić information content (AvgIpc) is 3.06. The van der Waals surface area contributed by atoms with Crippen LogP contribution in [-0.4, -0.2) is 26.5 Å². The van der Waals surface area contributed by atoms with E-state index in [0.29, 0.717) is 45.6 Å². The Morgan fingerprint density at radius 3 is 2.42 bits per heavy atom. The number of nitrogens with two attached hydrogens (primary N) is 1. The van der Waals surface area contributed by atoms with E-state index in [2.05, 4.69) is 31.1 Å². The fraction of sp³-hybridized carbons (Fsp3) is 0.375. The van der Waals surface area contributed by atoms with Crippen LogP contribution in [0.5, 0.6) is 0 Å². The number of carboxylic acids is 1. The zero-order chi connectivity index (χ0) is 24.1. The number of aromatic nitrogens is 2. The molecule has 1 aromatic heterocycles. The first-order valence-electron chi connectivity index (χ1n) is 10.7. The van der Waals surface area contributed by atoms with Gasteiger partial charge in [-0.3, -0.25) is 9.36 Å². The van der Waals surface area contributed by atoms with Crippen molar-refractivity contribution >= 4 is 57.7 Å². The van der Waals surface area contributed by atoms with Crippen LogP contribution in [0.2, 0.25) is 10.0 Å². The Kier molecular flexibility index (Phi) is 5.83. The van der Waals surface area contributed by atoms with Gasteiger partial charge in [-0.1, -0.05) is 50.0 Å². The molecule has 0 bridgehead atoms. The summed E-state index contributed by atoms with van der Waals surface area (Å²) in [7, 11) is 0. The number of para-hydroxylation sites is 1. The maximum absolute atomic E-state index is 13.2. The number of carbonyl (C=O) groups excluding carboxylic acids is 1. The molecule has 33 heavy (non-hydrogen) atoms. The number of aromatic carboxylic acids is 1. The summed E-state index contributed by atoms with van der Waals surface area (Å²) in [5.41, 5.74) is 6.46. The summed E-state index contributed by atoms with van der Waals surface area (Å²) in [4.78, 5) is 29.4. The van der Waals surface area contributed by atoms with Crippen molar-refractivity contribution in [2.75, 3.05) is 5.32 Å². The molecule has 1 heterocycles. The predicted molar refractivity (Wildman–Crippen MR) is 130 cm³/mol. The molecular weight excluding hydrogens is 463 g/mol. The number of anilines is 2. The molecule has 4 N–H and O–H groups in total. The third-order valence-corrected chi connectivity index (χ3v) is 6.98. The normalized spacial score (nSPS) is 22.3. The number of primary amides is 1. The van der Waals surface area contributed by atoms with Crippen molar-refractivity contribution in [1.82, 2.24) is 9.55 Å². The highest BCUT2D eigenvalue weighted by Crippen LogP contribution is 2.50. The van der Waals surface area contributed by atoms with Crippen LogP contribution in [0.25, 0.3) is 11.0 Å². The summed E-state index contributed by atoms with van der Waals surface area (Å²) in [5.74, 6) is -0.968. The minimum absolute atomic E-state index is 0.0972. The van der Waals surface area contributed by atoms with Gasteiger partial charge in [-0.15, -0.1) is 0 Å². The van der Waals surface area contributed by atoms with Gasteiger partial charge >= 0.3 is 5.97 Å². The number of benzene rings is 2. The third kappa shape index (κ3) is 4.15. The number of nitrogens with zero attached hydrogens (tertiary/aromatic N) is 2. The molecule has 0 saturated heterocycles. The minimum Gasteiger partial charge on any atom is -0.478 e. The Morgan fingerprint density at radius 1 is 1.18 bits per heavy atom. The molecule has 9 heteroatoms. The molecule has 1 aliphatic carbocycles. The second-order valence-electron chi connectivity index (χ2n) is 9.75. The number of hydrogen-bond acceptors (Lipinski definition) is 4. The molecule has 0 radical (unpaired) electrons. The topological polar surface area (TPSA) is 110 Å². The first-order valence-corrected chi connectivity index (χ1v) is 11.5. The Morgan fingerprint density at radius 2 is 1.85 bits per heavy atom. The fourth-order valence-corrected chi connectivity index (χ4v) is 5.95. The lowest BCUT2D eigenvalue weighted by molar-refractivity contribution is -0.131. The second-order valence-corrected chi connectivity index (χ2v) is 10.6. The van der Waals surface area contributed by atoms with Crippen molar-refractivity contribution in [3.05, 3.63) is 52.0 Å². The van der Waals surface area contributed by atoms with Crippen LogP contribution >= 0.6 is 23.2 Å². The molecule has 1 amide bonds. The van der Waals surface area contributed by atoms with E-state index in [0.717, 1.165) is 6.42 Å². The van der Waals surface area contributed by atoms with Gasteiger partial charge in [-0.25, -0.2) is 9.78 Å². The Balaban J connectivity index is 2.01. The molecule has 1 fully saturated rings. The van der Waals surface area contributed by atoms with Crippen LogP contribution < -0.4 is 11.1 Å². The molecule has 3 aromatic rings. The maximum Gasteiger partial charge on any atom is 0.335 e. The summed E-state index contributed by atoms with van der Waals surface area (Å²) < 4.78 is 1.81. The maximum atomic E-state index is 13.2. The fourth-order valence-electron chi connectivity index (χ4n) is 5.46. The summed E-state index contributed by atoms with van der Waals surface area (Å²) in [6, 6.07) is 9.78. The molecule has 2 aromatic carbocycles. The van der Waals surface area contributed by atoms with Crippen molar-refractivity contribution in [3.8, 4) is 0 Å². The Bertz CT molecular complexity index is 1250. The highest BCUT2D eigenvalue weighted by Gasteiger charge is 2.50. The van der Waals surface area contributed by atoms with E-state index in [9.17, 15) is 14.7 Å². The van der Waals surface area contributed by atoms with Crippen LogP contribution in [0.4, 0.5) is 11.6 Å². The van der Waals surface area contributed by atoms with Gasteiger partial charge in [0, 0.05) is 0 Å². The number of fused-ring (bicyclic) bond motifs is 1. The molecule has 0 aliphatic heterocycles. The Labute approximate surface area is 201 Å². The van der Waals surface area contributed by atoms with Crippen molar-refractivity contribution in [2.24, 2.45) is 17.1 Å². The van der Waals surface area contributed by atoms with Gasteiger partial charge < -0.3 is 16.2 Å². The van der Waals surface area contributed by atoms with Gasteiger partial charge in [0.25, 0.3) is 0 Å². The predicted octanol–water partition coefficient (Wildman–Crippen LogP) is 5.81. The molecule has 4 rings (SSSR count). The lowest BCUT2D eigenvalue weighted by atomic mass is 9.63. The molecule has 2 atom stereocenters. The largest absolute Gasteiger partial charge is 0.478 e. The zero-order valence-corrected chi connectivity index (χ0v) is 20.2. The smallest absolute Gasteiger partial charge is 0.335 e. The zero-order valence-electron chi connectivity index (χ0n) is 18.7. The summed E-state index contributed by atoms with van der Waals surface area (Å²) in [6.45, 7) is 6.36.